The molecule has 7 heteroatoms. The summed E-state index contributed by atoms with van der Waals surface area (Å²) in [5.74, 6) is 3.60. The fourth-order valence-corrected chi connectivity index (χ4v) is 2.51. The molecule has 27 heavy (non-hydrogen) atoms. The number of guanidine groups is 1. The summed E-state index contributed by atoms with van der Waals surface area (Å²) in [5.41, 5.74) is 0.987. The molecule has 154 valence electrons. The first-order valence-corrected chi connectivity index (χ1v) is 9.36. The Labute approximate surface area is 163 Å². The van der Waals surface area contributed by atoms with Crippen LogP contribution in [-0.4, -0.2) is 60.6 Å². The second kappa shape index (κ2) is 13.1. The summed E-state index contributed by atoms with van der Waals surface area (Å²) < 4.78 is 21.9. The van der Waals surface area contributed by atoms with Gasteiger partial charge in [-0.1, -0.05) is 13.8 Å². The van der Waals surface area contributed by atoms with Gasteiger partial charge in [-0.15, -0.1) is 0 Å². The maximum absolute atomic E-state index is 5.61. The number of nitrogens with zero attached hydrogens (tertiary/aromatic N) is 1. The number of benzene rings is 1. The van der Waals surface area contributed by atoms with Crippen molar-refractivity contribution in [2.75, 3.05) is 54.7 Å². The Balaban J connectivity index is 2.46. The lowest BCUT2D eigenvalue weighted by molar-refractivity contribution is 0.128. The minimum absolute atomic E-state index is 0.660. The van der Waals surface area contributed by atoms with Gasteiger partial charge in [0.05, 0.1) is 27.9 Å². The molecule has 0 heterocycles. The van der Waals surface area contributed by atoms with Gasteiger partial charge in [0, 0.05) is 44.4 Å². The highest BCUT2D eigenvalue weighted by Gasteiger charge is 2.13. The van der Waals surface area contributed by atoms with Crippen LogP contribution in [0, 0.1) is 5.92 Å². The second-order valence-corrected chi connectivity index (χ2v) is 6.48. The fourth-order valence-electron chi connectivity index (χ4n) is 2.51. The quantitative estimate of drug-likeness (QED) is 0.329. The highest BCUT2D eigenvalue weighted by molar-refractivity contribution is 5.79. The number of rotatable bonds is 12. The predicted molar refractivity (Wildman–Crippen MR) is 109 cm³/mol. The molecule has 0 aromatic heterocycles. The molecular formula is C20H35N3O4. The van der Waals surface area contributed by atoms with Crippen molar-refractivity contribution >= 4 is 5.96 Å². The molecule has 0 saturated heterocycles. The van der Waals surface area contributed by atoms with E-state index in [1.54, 1.807) is 28.4 Å². The van der Waals surface area contributed by atoms with Crippen molar-refractivity contribution < 1.29 is 18.9 Å². The minimum Gasteiger partial charge on any atom is -0.496 e. The van der Waals surface area contributed by atoms with Crippen molar-refractivity contribution in [3.63, 3.8) is 0 Å². The Morgan fingerprint density at radius 2 is 1.59 bits per heavy atom. The summed E-state index contributed by atoms with van der Waals surface area (Å²) in [4.78, 5) is 4.23. The Morgan fingerprint density at radius 1 is 0.963 bits per heavy atom. The first kappa shape index (κ1) is 22.9. The van der Waals surface area contributed by atoms with Gasteiger partial charge >= 0.3 is 0 Å². The van der Waals surface area contributed by atoms with E-state index in [4.69, 9.17) is 18.9 Å². The number of ether oxygens (including phenoxy) is 4. The lowest BCUT2D eigenvalue weighted by Crippen LogP contribution is -2.39. The standard InChI is InChI=1S/C20H35N3O4/c1-15(2)8-11-27-12-10-23-20(21-3)22-9-7-17-18(25-5)13-16(24-4)14-19(17)26-6/h13-15H,7-12H2,1-6H3,(H2,21,22,23). The lowest BCUT2D eigenvalue weighted by Gasteiger charge is -2.16. The molecule has 0 aliphatic heterocycles. The third-order valence-corrected chi connectivity index (χ3v) is 4.09. The van der Waals surface area contributed by atoms with Crippen molar-refractivity contribution in [1.82, 2.24) is 10.6 Å². The number of aliphatic imine (C=N–C) groups is 1. The zero-order valence-electron chi connectivity index (χ0n) is 17.6. The average molecular weight is 382 g/mol. The Kier molecular flexibility index (Phi) is 11.1. The van der Waals surface area contributed by atoms with Crippen LogP contribution >= 0.6 is 0 Å². The maximum Gasteiger partial charge on any atom is 0.191 e. The molecule has 0 atom stereocenters. The molecule has 2 N–H and O–H groups in total. The van der Waals surface area contributed by atoms with Crippen LogP contribution in [0.2, 0.25) is 0 Å². The second-order valence-electron chi connectivity index (χ2n) is 6.48. The lowest BCUT2D eigenvalue weighted by atomic mass is 10.1. The average Bonchev–Trinajstić information content (AvgIpc) is 2.68. The highest BCUT2D eigenvalue weighted by Crippen LogP contribution is 2.34. The fraction of sp³-hybridized carbons (Fsp3) is 0.650. The highest BCUT2D eigenvalue weighted by atomic mass is 16.5. The van der Waals surface area contributed by atoms with Gasteiger partial charge in [-0.25, -0.2) is 0 Å². The number of methoxy groups -OCH3 is 3. The van der Waals surface area contributed by atoms with Crippen molar-refractivity contribution in [3.8, 4) is 17.2 Å². The maximum atomic E-state index is 5.61. The van der Waals surface area contributed by atoms with E-state index < -0.39 is 0 Å². The first-order valence-electron chi connectivity index (χ1n) is 9.36. The monoisotopic (exact) mass is 381 g/mol. The molecule has 0 unspecified atom stereocenters. The van der Waals surface area contributed by atoms with Crippen molar-refractivity contribution in [3.05, 3.63) is 17.7 Å². The third kappa shape index (κ3) is 8.39. The van der Waals surface area contributed by atoms with Gasteiger partial charge in [-0.2, -0.15) is 0 Å². The van der Waals surface area contributed by atoms with E-state index in [1.807, 2.05) is 12.1 Å². The number of nitrogens with one attached hydrogen (secondary N) is 2. The summed E-state index contributed by atoms with van der Waals surface area (Å²) in [6, 6.07) is 3.72. The Hall–Kier alpha value is -2.15. The molecule has 0 bridgehead atoms. The topological polar surface area (TPSA) is 73.3 Å². The van der Waals surface area contributed by atoms with Gasteiger partial charge in [0.2, 0.25) is 0 Å². The number of hydrogen-bond acceptors (Lipinski definition) is 5. The molecule has 0 saturated carbocycles. The van der Waals surface area contributed by atoms with Gasteiger partial charge in [-0.05, 0) is 18.8 Å². The Bertz CT molecular complexity index is 551. The summed E-state index contributed by atoms with van der Waals surface area (Å²) in [5, 5.41) is 6.55. The molecule has 0 aliphatic carbocycles. The van der Waals surface area contributed by atoms with E-state index in [9.17, 15) is 0 Å². The summed E-state index contributed by atoms with van der Waals surface area (Å²) in [7, 11) is 6.66. The van der Waals surface area contributed by atoms with Crippen LogP contribution in [0.3, 0.4) is 0 Å². The molecule has 0 radical (unpaired) electrons. The first-order chi connectivity index (χ1) is 13.0. The van der Waals surface area contributed by atoms with Crippen LogP contribution in [0.15, 0.2) is 17.1 Å². The van der Waals surface area contributed by atoms with Crippen LogP contribution < -0.4 is 24.8 Å². The predicted octanol–water partition coefficient (Wildman–Crippen LogP) is 2.48. The molecule has 1 aromatic rings. The van der Waals surface area contributed by atoms with E-state index >= 15 is 0 Å². The summed E-state index contributed by atoms with van der Waals surface area (Å²) in [6.45, 7) is 7.25. The zero-order valence-corrected chi connectivity index (χ0v) is 17.6. The van der Waals surface area contributed by atoms with Gasteiger partial charge in [0.15, 0.2) is 5.96 Å². The molecule has 7 nitrogen and oxygen atoms in total. The van der Waals surface area contributed by atoms with Crippen molar-refractivity contribution in [2.45, 2.75) is 26.7 Å². The molecule has 0 aliphatic rings. The van der Waals surface area contributed by atoms with Crippen molar-refractivity contribution in [2.24, 2.45) is 10.9 Å². The zero-order chi connectivity index (χ0) is 20.1. The van der Waals surface area contributed by atoms with Crippen LogP contribution in [0.4, 0.5) is 0 Å². The van der Waals surface area contributed by atoms with Crippen LogP contribution in [0.1, 0.15) is 25.8 Å². The molecule has 0 fully saturated rings. The summed E-state index contributed by atoms with van der Waals surface area (Å²) >= 11 is 0. The summed E-state index contributed by atoms with van der Waals surface area (Å²) in [6.07, 6.45) is 1.81. The van der Waals surface area contributed by atoms with Gasteiger partial charge in [0.25, 0.3) is 0 Å². The third-order valence-electron chi connectivity index (χ3n) is 4.09. The van der Waals surface area contributed by atoms with Gasteiger partial charge < -0.3 is 29.6 Å². The van der Waals surface area contributed by atoms with Crippen LogP contribution in [-0.2, 0) is 11.2 Å². The van der Waals surface area contributed by atoms with Gasteiger partial charge in [0.1, 0.15) is 17.2 Å². The number of hydrogen-bond donors (Lipinski definition) is 2. The van der Waals surface area contributed by atoms with E-state index in [0.717, 1.165) is 42.5 Å². The molecule has 1 aromatic carbocycles. The smallest absolute Gasteiger partial charge is 0.191 e. The molecule has 0 amide bonds. The van der Waals surface area contributed by atoms with E-state index in [2.05, 4.69) is 29.5 Å². The molecule has 1 rings (SSSR count). The Morgan fingerprint density at radius 3 is 2.11 bits per heavy atom. The normalized spacial score (nSPS) is 11.4. The van der Waals surface area contributed by atoms with Crippen molar-refractivity contribution in [1.29, 1.82) is 0 Å². The minimum atomic E-state index is 0.660. The van der Waals surface area contributed by atoms with Crippen LogP contribution in [0.5, 0.6) is 17.2 Å². The molecule has 0 spiro atoms. The molecular weight excluding hydrogens is 346 g/mol. The van der Waals surface area contributed by atoms with E-state index in [-0.39, 0.29) is 0 Å². The van der Waals surface area contributed by atoms with E-state index in [1.165, 1.54) is 0 Å². The SMILES string of the molecule is CN=C(NCCOCCC(C)C)NCCc1c(OC)cc(OC)cc1OC. The van der Waals surface area contributed by atoms with Crippen LogP contribution in [0.25, 0.3) is 0 Å². The van der Waals surface area contributed by atoms with Gasteiger partial charge in [-0.3, -0.25) is 4.99 Å². The largest absolute Gasteiger partial charge is 0.496 e. The van der Waals surface area contributed by atoms with E-state index in [0.29, 0.717) is 31.4 Å².